The van der Waals surface area contributed by atoms with Crippen LogP contribution < -0.4 is 4.90 Å². The summed E-state index contributed by atoms with van der Waals surface area (Å²) in [5.74, 6) is 1.68. The highest BCUT2D eigenvalue weighted by Crippen LogP contribution is 2.30. The standard InChI is InChI=1S/C29H28N6O/c1-20-12-14-22(15-13-20)28(36)33-16-7-17-34(19-18-33)29-30-25-11-6-5-10-24(25)27-32-31-26(35(27)29)23-9-4-3-8-21(23)2/h3-6,8-15H,7,16-19H2,1-2H3. The van der Waals surface area contributed by atoms with Gasteiger partial charge in [-0.1, -0.05) is 54.1 Å². The van der Waals surface area contributed by atoms with Crippen molar-refractivity contribution in [3.8, 4) is 11.4 Å². The Bertz CT molecular complexity index is 1570. The molecule has 1 fully saturated rings. The Morgan fingerprint density at radius 3 is 2.42 bits per heavy atom. The van der Waals surface area contributed by atoms with Crippen molar-refractivity contribution >= 4 is 28.4 Å². The summed E-state index contributed by atoms with van der Waals surface area (Å²) in [6.45, 7) is 6.95. The summed E-state index contributed by atoms with van der Waals surface area (Å²) >= 11 is 0. The van der Waals surface area contributed by atoms with Crippen LogP contribution in [0.1, 0.15) is 27.9 Å². The summed E-state index contributed by atoms with van der Waals surface area (Å²) in [5, 5.41) is 10.2. The molecule has 0 spiro atoms. The van der Waals surface area contributed by atoms with Crippen LogP contribution in [0, 0.1) is 13.8 Å². The van der Waals surface area contributed by atoms with Crippen LogP contribution in [0.5, 0.6) is 0 Å². The lowest BCUT2D eigenvalue weighted by molar-refractivity contribution is 0.0767. The molecule has 1 aliphatic heterocycles. The number of amides is 1. The van der Waals surface area contributed by atoms with Gasteiger partial charge in [-0.3, -0.25) is 4.79 Å². The highest BCUT2D eigenvalue weighted by atomic mass is 16.2. The van der Waals surface area contributed by atoms with Crippen molar-refractivity contribution in [1.29, 1.82) is 0 Å². The Balaban J connectivity index is 1.41. The smallest absolute Gasteiger partial charge is 0.253 e. The number of para-hydroxylation sites is 1. The molecule has 0 aliphatic carbocycles. The first-order valence-corrected chi connectivity index (χ1v) is 12.4. The van der Waals surface area contributed by atoms with E-state index in [2.05, 4.69) is 38.6 Å². The lowest BCUT2D eigenvalue weighted by Crippen LogP contribution is -2.36. The normalized spacial score (nSPS) is 14.4. The van der Waals surface area contributed by atoms with E-state index in [1.807, 2.05) is 72.5 Å². The summed E-state index contributed by atoms with van der Waals surface area (Å²) in [6, 6.07) is 24.1. The van der Waals surface area contributed by atoms with Crippen molar-refractivity contribution in [1.82, 2.24) is 24.5 Å². The van der Waals surface area contributed by atoms with Crippen molar-refractivity contribution in [3.05, 3.63) is 89.5 Å². The molecule has 7 nitrogen and oxygen atoms in total. The molecule has 1 saturated heterocycles. The van der Waals surface area contributed by atoms with Gasteiger partial charge in [-0.05, 0) is 50.1 Å². The van der Waals surface area contributed by atoms with Crippen molar-refractivity contribution in [2.45, 2.75) is 20.3 Å². The monoisotopic (exact) mass is 476 g/mol. The molecule has 3 aromatic carbocycles. The van der Waals surface area contributed by atoms with Crippen LogP contribution in [0.15, 0.2) is 72.8 Å². The number of carbonyl (C=O) groups is 1. The van der Waals surface area contributed by atoms with Crippen molar-refractivity contribution < 1.29 is 4.79 Å². The van der Waals surface area contributed by atoms with Crippen molar-refractivity contribution in [3.63, 3.8) is 0 Å². The highest BCUT2D eigenvalue weighted by molar-refractivity contribution is 5.95. The van der Waals surface area contributed by atoms with Crippen LogP contribution in [0.4, 0.5) is 5.95 Å². The topological polar surface area (TPSA) is 66.6 Å². The summed E-state index contributed by atoms with van der Waals surface area (Å²) in [4.78, 5) is 22.5. The number of anilines is 1. The maximum Gasteiger partial charge on any atom is 0.253 e. The SMILES string of the molecule is Cc1ccc(C(=O)N2CCCN(c3nc4ccccc4c4nnc(-c5ccccc5C)n34)CC2)cc1. The lowest BCUT2D eigenvalue weighted by Gasteiger charge is -2.24. The first-order chi connectivity index (χ1) is 17.6. The van der Waals surface area contributed by atoms with Crippen molar-refractivity contribution in [2.24, 2.45) is 0 Å². The van der Waals surface area contributed by atoms with Gasteiger partial charge in [0.15, 0.2) is 11.5 Å². The fourth-order valence-corrected chi connectivity index (χ4v) is 4.98. The van der Waals surface area contributed by atoms with Gasteiger partial charge >= 0.3 is 0 Å². The first kappa shape index (κ1) is 22.2. The molecule has 0 unspecified atom stereocenters. The van der Waals surface area contributed by atoms with E-state index < -0.39 is 0 Å². The molecule has 1 amide bonds. The van der Waals surface area contributed by atoms with Gasteiger partial charge in [-0.25, -0.2) is 9.38 Å². The number of hydrogen-bond acceptors (Lipinski definition) is 5. The predicted molar refractivity (Wildman–Crippen MR) is 142 cm³/mol. The predicted octanol–water partition coefficient (Wildman–Crippen LogP) is 4.91. The van der Waals surface area contributed by atoms with Crippen LogP contribution in [0.2, 0.25) is 0 Å². The fourth-order valence-electron chi connectivity index (χ4n) is 4.98. The summed E-state index contributed by atoms with van der Waals surface area (Å²) < 4.78 is 2.09. The molecule has 7 heteroatoms. The van der Waals surface area contributed by atoms with Gasteiger partial charge in [0.25, 0.3) is 5.91 Å². The van der Waals surface area contributed by atoms with Gasteiger partial charge in [-0.15, -0.1) is 10.2 Å². The maximum atomic E-state index is 13.2. The Morgan fingerprint density at radius 2 is 1.58 bits per heavy atom. The Kier molecular flexibility index (Phi) is 5.60. The Morgan fingerprint density at radius 1 is 0.806 bits per heavy atom. The fraction of sp³-hybridized carbons (Fsp3) is 0.241. The van der Waals surface area contributed by atoms with Crippen LogP contribution >= 0.6 is 0 Å². The van der Waals surface area contributed by atoms with Gasteiger partial charge < -0.3 is 9.80 Å². The van der Waals surface area contributed by atoms with Gasteiger partial charge in [-0.2, -0.15) is 0 Å². The van der Waals surface area contributed by atoms with E-state index in [9.17, 15) is 4.79 Å². The van der Waals surface area contributed by atoms with Crippen LogP contribution in [-0.4, -0.2) is 56.6 Å². The van der Waals surface area contributed by atoms with E-state index in [1.54, 1.807) is 0 Å². The largest absolute Gasteiger partial charge is 0.340 e. The third-order valence-corrected chi connectivity index (χ3v) is 6.98. The third kappa shape index (κ3) is 3.86. The number of aromatic nitrogens is 4. The molecule has 1 aliphatic rings. The quantitative estimate of drug-likeness (QED) is 0.370. The molecular weight excluding hydrogens is 448 g/mol. The molecule has 2 aromatic heterocycles. The molecule has 0 N–H and O–H groups in total. The maximum absolute atomic E-state index is 13.2. The van der Waals surface area contributed by atoms with E-state index in [-0.39, 0.29) is 5.91 Å². The van der Waals surface area contributed by atoms with Gasteiger partial charge in [0.05, 0.1) is 5.52 Å². The average Bonchev–Trinajstić information content (AvgIpc) is 3.19. The summed E-state index contributed by atoms with van der Waals surface area (Å²) in [7, 11) is 0. The number of aryl methyl sites for hydroxylation is 2. The third-order valence-electron chi connectivity index (χ3n) is 6.98. The number of nitrogens with zero attached hydrogens (tertiary/aromatic N) is 6. The molecule has 5 aromatic rings. The zero-order valence-electron chi connectivity index (χ0n) is 20.6. The number of carbonyl (C=O) groups excluding carboxylic acids is 1. The second-order valence-electron chi connectivity index (χ2n) is 9.43. The second kappa shape index (κ2) is 9.07. The number of fused-ring (bicyclic) bond motifs is 3. The van der Waals surface area contributed by atoms with Crippen molar-refractivity contribution in [2.75, 3.05) is 31.1 Å². The molecule has 0 bridgehead atoms. The van der Waals surface area contributed by atoms with Gasteiger partial charge in [0, 0.05) is 42.7 Å². The molecule has 0 saturated carbocycles. The molecule has 0 atom stereocenters. The summed E-state index contributed by atoms with van der Waals surface area (Å²) in [6.07, 6.45) is 0.857. The van der Waals surface area contributed by atoms with Crippen LogP contribution in [0.3, 0.4) is 0 Å². The lowest BCUT2D eigenvalue weighted by atomic mass is 10.1. The number of benzene rings is 3. The minimum atomic E-state index is 0.0818. The molecule has 6 rings (SSSR count). The zero-order chi connectivity index (χ0) is 24.6. The minimum absolute atomic E-state index is 0.0818. The van der Waals surface area contributed by atoms with Gasteiger partial charge in [0.2, 0.25) is 5.95 Å². The van der Waals surface area contributed by atoms with E-state index in [0.29, 0.717) is 19.6 Å². The molecule has 3 heterocycles. The molecule has 180 valence electrons. The number of hydrogen-bond donors (Lipinski definition) is 0. The van der Waals surface area contributed by atoms with E-state index in [4.69, 9.17) is 4.98 Å². The highest BCUT2D eigenvalue weighted by Gasteiger charge is 2.25. The van der Waals surface area contributed by atoms with Gasteiger partial charge in [0.1, 0.15) is 0 Å². The average molecular weight is 477 g/mol. The minimum Gasteiger partial charge on any atom is -0.340 e. The van der Waals surface area contributed by atoms with E-state index in [1.165, 1.54) is 0 Å². The Labute approximate surface area is 210 Å². The van der Waals surface area contributed by atoms with E-state index in [0.717, 1.165) is 63.5 Å². The van der Waals surface area contributed by atoms with E-state index >= 15 is 0 Å². The zero-order valence-corrected chi connectivity index (χ0v) is 20.6. The molecule has 36 heavy (non-hydrogen) atoms. The molecular formula is C29H28N6O. The molecule has 0 radical (unpaired) electrons. The summed E-state index contributed by atoms with van der Waals surface area (Å²) in [5.41, 5.74) is 5.75. The number of rotatable bonds is 3. The Hall–Kier alpha value is -4.26. The second-order valence-corrected chi connectivity index (χ2v) is 9.43. The van der Waals surface area contributed by atoms with Crippen LogP contribution in [-0.2, 0) is 0 Å². The first-order valence-electron chi connectivity index (χ1n) is 12.4. The van der Waals surface area contributed by atoms with Crippen LogP contribution in [0.25, 0.3) is 27.9 Å².